The summed E-state index contributed by atoms with van der Waals surface area (Å²) in [6.07, 6.45) is 0.402. The maximum Gasteiger partial charge on any atom is 0.339 e. The number of carboxylic acid groups (broad SMARTS) is 1. The highest BCUT2D eigenvalue weighted by atomic mass is 16.4. The van der Waals surface area contributed by atoms with Gasteiger partial charge in [-0.2, -0.15) is 5.26 Å². The minimum atomic E-state index is -1.21. The summed E-state index contributed by atoms with van der Waals surface area (Å²) in [5.41, 5.74) is 0.495. The van der Waals surface area contributed by atoms with Crippen molar-refractivity contribution in [3.05, 3.63) is 28.8 Å². The summed E-state index contributed by atoms with van der Waals surface area (Å²) in [5, 5.41) is 26.9. The quantitative estimate of drug-likeness (QED) is 0.742. The van der Waals surface area contributed by atoms with Gasteiger partial charge in [0.1, 0.15) is 11.3 Å². The zero-order valence-electron chi connectivity index (χ0n) is 7.61. The lowest BCUT2D eigenvalue weighted by atomic mass is 9.98. The van der Waals surface area contributed by atoms with Gasteiger partial charge in [0.25, 0.3) is 0 Å². The number of rotatable bonds is 2. The maximum absolute atomic E-state index is 10.8. The molecule has 0 fully saturated rings. The number of nitriles is 1. The standard InChI is InChI=1S/C10H9NO3/c1-2-7-6(5-11)3-4-8(12)9(7)10(13)14/h3-4,12H,2H2,1H3,(H,13,14). The number of aromatic carboxylic acids is 1. The Bertz CT molecular complexity index is 418. The number of benzene rings is 1. The highest BCUT2D eigenvalue weighted by Crippen LogP contribution is 2.24. The van der Waals surface area contributed by atoms with Crippen LogP contribution in [0.2, 0.25) is 0 Å². The first-order valence-corrected chi connectivity index (χ1v) is 4.10. The van der Waals surface area contributed by atoms with E-state index in [1.54, 1.807) is 6.92 Å². The molecule has 2 N–H and O–H groups in total. The molecule has 1 aromatic carbocycles. The second kappa shape index (κ2) is 3.79. The molecular formula is C10H9NO3. The number of carboxylic acids is 1. The summed E-state index contributed by atoms with van der Waals surface area (Å²) in [7, 11) is 0. The number of hydrogen-bond acceptors (Lipinski definition) is 3. The zero-order chi connectivity index (χ0) is 10.7. The van der Waals surface area contributed by atoms with Crippen molar-refractivity contribution < 1.29 is 15.0 Å². The van der Waals surface area contributed by atoms with E-state index in [1.807, 2.05) is 6.07 Å². The van der Waals surface area contributed by atoms with Crippen molar-refractivity contribution in [1.29, 1.82) is 5.26 Å². The van der Waals surface area contributed by atoms with Gasteiger partial charge < -0.3 is 10.2 Å². The molecule has 1 rings (SSSR count). The van der Waals surface area contributed by atoms with Crippen LogP contribution in [-0.4, -0.2) is 16.2 Å². The van der Waals surface area contributed by atoms with E-state index >= 15 is 0 Å². The summed E-state index contributed by atoms with van der Waals surface area (Å²) >= 11 is 0. The first-order valence-electron chi connectivity index (χ1n) is 4.10. The summed E-state index contributed by atoms with van der Waals surface area (Å²) in [4.78, 5) is 10.8. The first kappa shape index (κ1) is 10.1. The number of carbonyl (C=O) groups is 1. The largest absolute Gasteiger partial charge is 0.507 e. The zero-order valence-corrected chi connectivity index (χ0v) is 7.61. The fraction of sp³-hybridized carbons (Fsp3) is 0.200. The van der Waals surface area contributed by atoms with Crippen LogP contribution in [0.25, 0.3) is 0 Å². The molecule has 4 heteroatoms. The minimum Gasteiger partial charge on any atom is -0.507 e. The minimum absolute atomic E-state index is 0.174. The molecule has 0 aromatic heterocycles. The van der Waals surface area contributed by atoms with E-state index in [-0.39, 0.29) is 11.3 Å². The third-order valence-electron chi connectivity index (χ3n) is 1.98. The van der Waals surface area contributed by atoms with E-state index in [1.165, 1.54) is 12.1 Å². The van der Waals surface area contributed by atoms with E-state index in [2.05, 4.69) is 0 Å². The molecule has 1 aromatic rings. The molecule has 14 heavy (non-hydrogen) atoms. The van der Waals surface area contributed by atoms with Crippen LogP contribution in [0, 0.1) is 11.3 Å². The van der Waals surface area contributed by atoms with Crippen LogP contribution >= 0.6 is 0 Å². The molecule has 72 valence electrons. The Morgan fingerprint density at radius 1 is 1.57 bits per heavy atom. The van der Waals surface area contributed by atoms with E-state index in [0.717, 1.165) is 0 Å². The predicted molar refractivity (Wildman–Crippen MR) is 49.2 cm³/mol. The SMILES string of the molecule is CCc1c(C#N)ccc(O)c1C(=O)O. The second-order valence-electron chi connectivity index (χ2n) is 2.76. The third kappa shape index (κ3) is 1.52. The summed E-state index contributed by atoms with van der Waals surface area (Å²) < 4.78 is 0. The van der Waals surface area contributed by atoms with E-state index in [0.29, 0.717) is 17.5 Å². The topological polar surface area (TPSA) is 81.3 Å². The van der Waals surface area contributed by atoms with Gasteiger partial charge in [-0.3, -0.25) is 0 Å². The summed E-state index contributed by atoms with van der Waals surface area (Å²) in [6.45, 7) is 1.74. The van der Waals surface area contributed by atoms with Crippen molar-refractivity contribution in [3.63, 3.8) is 0 Å². The Morgan fingerprint density at radius 2 is 2.21 bits per heavy atom. The third-order valence-corrected chi connectivity index (χ3v) is 1.98. The molecule has 0 bridgehead atoms. The van der Waals surface area contributed by atoms with E-state index < -0.39 is 5.97 Å². The van der Waals surface area contributed by atoms with Gasteiger partial charge in [-0.15, -0.1) is 0 Å². The number of phenols is 1. The fourth-order valence-corrected chi connectivity index (χ4v) is 1.35. The van der Waals surface area contributed by atoms with Crippen molar-refractivity contribution in [2.24, 2.45) is 0 Å². The van der Waals surface area contributed by atoms with Crippen LogP contribution < -0.4 is 0 Å². The van der Waals surface area contributed by atoms with Gasteiger partial charge in [-0.05, 0) is 24.1 Å². The molecule has 4 nitrogen and oxygen atoms in total. The van der Waals surface area contributed by atoms with Gasteiger partial charge in [0.05, 0.1) is 11.6 Å². The number of aromatic hydroxyl groups is 1. The van der Waals surface area contributed by atoms with Gasteiger partial charge in [0, 0.05) is 0 Å². The van der Waals surface area contributed by atoms with Crippen molar-refractivity contribution >= 4 is 5.97 Å². The molecule has 0 atom stereocenters. The molecule has 0 aliphatic carbocycles. The van der Waals surface area contributed by atoms with Crippen LogP contribution in [0.1, 0.15) is 28.4 Å². The van der Waals surface area contributed by atoms with Crippen LogP contribution in [0.4, 0.5) is 0 Å². The lowest BCUT2D eigenvalue weighted by Gasteiger charge is -2.07. The van der Waals surface area contributed by atoms with Crippen molar-refractivity contribution in [1.82, 2.24) is 0 Å². The maximum atomic E-state index is 10.8. The second-order valence-corrected chi connectivity index (χ2v) is 2.76. The fourth-order valence-electron chi connectivity index (χ4n) is 1.35. The molecule has 0 unspecified atom stereocenters. The average molecular weight is 191 g/mol. The van der Waals surface area contributed by atoms with Crippen LogP contribution in [0.15, 0.2) is 12.1 Å². The Kier molecular flexibility index (Phi) is 2.73. The Morgan fingerprint density at radius 3 is 2.64 bits per heavy atom. The average Bonchev–Trinajstić information content (AvgIpc) is 2.16. The lowest BCUT2D eigenvalue weighted by Crippen LogP contribution is -2.04. The lowest BCUT2D eigenvalue weighted by molar-refractivity contribution is 0.0692. The van der Waals surface area contributed by atoms with E-state index in [9.17, 15) is 9.90 Å². The summed E-state index contributed by atoms with van der Waals surface area (Å²) in [6, 6.07) is 4.54. The Balaban J connectivity index is 3.53. The Hall–Kier alpha value is -2.02. The van der Waals surface area contributed by atoms with E-state index in [4.69, 9.17) is 10.4 Å². The van der Waals surface area contributed by atoms with Gasteiger partial charge in [-0.1, -0.05) is 6.92 Å². The van der Waals surface area contributed by atoms with Crippen molar-refractivity contribution in [2.45, 2.75) is 13.3 Å². The first-order chi connectivity index (χ1) is 6.61. The summed E-state index contributed by atoms with van der Waals surface area (Å²) in [5.74, 6) is -1.51. The smallest absolute Gasteiger partial charge is 0.339 e. The van der Waals surface area contributed by atoms with Crippen molar-refractivity contribution in [2.75, 3.05) is 0 Å². The molecule has 0 aliphatic rings. The van der Waals surface area contributed by atoms with Gasteiger partial charge >= 0.3 is 5.97 Å². The normalized spacial score (nSPS) is 9.43. The highest BCUT2D eigenvalue weighted by Gasteiger charge is 2.17. The number of nitrogens with zero attached hydrogens (tertiary/aromatic N) is 1. The van der Waals surface area contributed by atoms with Gasteiger partial charge in [0.15, 0.2) is 0 Å². The van der Waals surface area contributed by atoms with Crippen molar-refractivity contribution in [3.8, 4) is 11.8 Å². The van der Waals surface area contributed by atoms with Crippen LogP contribution in [0.5, 0.6) is 5.75 Å². The van der Waals surface area contributed by atoms with Crippen LogP contribution in [0.3, 0.4) is 0 Å². The molecule has 0 spiro atoms. The number of hydrogen-bond donors (Lipinski definition) is 2. The molecule has 0 heterocycles. The monoisotopic (exact) mass is 191 g/mol. The molecule has 0 saturated carbocycles. The Labute approximate surface area is 81.0 Å². The van der Waals surface area contributed by atoms with Gasteiger partial charge in [-0.25, -0.2) is 4.79 Å². The molecule has 0 radical (unpaired) electrons. The predicted octanol–water partition coefficient (Wildman–Crippen LogP) is 1.52. The molecular weight excluding hydrogens is 182 g/mol. The highest BCUT2D eigenvalue weighted by molar-refractivity contribution is 5.93. The molecule has 0 aliphatic heterocycles. The van der Waals surface area contributed by atoms with Crippen LogP contribution in [-0.2, 0) is 6.42 Å². The van der Waals surface area contributed by atoms with Gasteiger partial charge in [0.2, 0.25) is 0 Å². The molecule has 0 amide bonds. The molecule has 0 saturated heterocycles.